The van der Waals surface area contributed by atoms with Gasteiger partial charge >= 0.3 is 0 Å². The summed E-state index contributed by atoms with van der Waals surface area (Å²) in [5.74, 6) is 0.699. The van der Waals surface area contributed by atoms with Crippen molar-refractivity contribution in [3.8, 4) is 0 Å². The normalized spacial score (nSPS) is 17.1. The number of aromatic nitrogens is 1. The molecular formula is C12H18N2. The van der Waals surface area contributed by atoms with Crippen LogP contribution < -0.4 is 5.73 Å². The summed E-state index contributed by atoms with van der Waals surface area (Å²) in [7, 11) is 0. The molecule has 1 fully saturated rings. The Morgan fingerprint density at radius 2 is 2.00 bits per heavy atom. The molecule has 0 radical (unpaired) electrons. The summed E-state index contributed by atoms with van der Waals surface area (Å²) < 4.78 is 0. The number of hydrogen-bond donors (Lipinski definition) is 1. The SMILES string of the molecule is CC(C)(C)c1cc(N)cnc1C1CC1. The van der Waals surface area contributed by atoms with E-state index in [9.17, 15) is 0 Å². The Balaban J connectivity index is 2.48. The molecular weight excluding hydrogens is 172 g/mol. The lowest BCUT2D eigenvalue weighted by atomic mass is 9.84. The highest BCUT2D eigenvalue weighted by Crippen LogP contribution is 2.43. The van der Waals surface area contributed by atoms with E-state index in [2.05, 4.69) is 31.8 Å². The second-order valence-electron chi connectivity index (χ2n) is 5.23. The van der Waals surface area contributed by atoms with Crippen LogP contribution in [0.4, 0.5) is 5.69 Å². The van der Waals surface area contributed by atoms with E-state index >= 15 is 0 Å². The monoisotopic (exact) mass is 190 g/mol. The van der Waals surface area contributed by atoms with Crippen molar-refractivity contribution in [1.82, 2.24) is 4.98 Å². The number of nitrogen functional groups attached to an aromatic ring is 1. The maximum Gasteiger partial charge on any atom is 0.0503 e. The van der Waals surface area contributed by atoms with Gasteiger partial charge in [0.25, 0.3) is 0 Å². The average molecular weight is 190 g/mol. The molecule has 0 unspecified atom stereocenters. The van der Waals surface area contributed by atoms with Crippen LogP contribution in [-0.4, -0.2) is 4.98 Å². The highest BCUT2D eigenvalue weighted by molar-refractivity contribution is 5.44. The number of rotatable bonds is 1. The quantitative estimate of drug-likeness (QED) is 0.739. The lowest BCUT2D eigenvalue weighted by molar-refractivity contribution is 0.578. The number of anilines is 1. The summed E-state index contributed by atoms with van der Waals surface area (Å²) in [6.07, 6.45) is 4.36. The smallest absolute Gasteiger partial charge is 0.0503 e. The van der Waals surface area contributed by atoms with Crippen molar-refractivity contribution in [2.45, 2.75) is 44.9 Å². The largest absolute Gasteiger partial charge is 0.397 e. The van der Waals surface area contributed by atoms with Crippen LogP contribution in [0.5, 0.6) is 0 Å². The summed E-state index contributed by atoms with van der Waals surface area (Å²) in [6, 6.07) is 2.08. The molecule has 2 rings (SSSR count). The van der Waals surface area contributed by atoms with Crippen LogP contribution in [0.1, 0.15) is 50.8 Å². The van der Waals surface area contributed by atoms with Gasteiger partial charge in [-0.3, -0.25) is 4.98 Å². The van der Waals surface area contributed by atoms with Crippen LogP contribution in [0, 0.1) is 0 Å². The van der Waals surface area contributed by atoms with E-state index in [0.717, 1.165) is 5.69 Å². The molecule has 0 saturated heterocycles. The predicted octanol–water partition coefficient (Wildman–Crippen LogP) is 2.84. The summed E-state index contributed by atoms with van der Waals surface area (Å²) >= 11 is 0. The molecule has 1 aromatic rings. The first kappa shape index (κ1) is 9.50. The minimum absolute atomic E-state index is 0.153. The summed E-state index contributed by atoms with van der Waals surface area (Å²) in [5.41, 5.74) is 9.30. The molecule has 0 bridgehead atoms. The van der Waals surface area contributed by atoms with Gasteiger partial charge in [-0.25, -0.2) is 0 Å². The Morgan fingerprint density at radius 3 is 2.50 bits per heavy atom. The third-order valence-corrected chi connectivity index (χ3v) is 2.71. The van der Waals surface area contributed by atoms with E-state index in [-0.39, 0.29) is 5.41 Å². The van der Waals surface area contributed by atoms with Gasteiger partial charge in [0.1, 0.15) is 0 Å². The third kappa shape index (κ3) is 1.74. The summed E-state index contributed by atoms with van der Waals surface area (Å²) in [5, 5.41) is 0. The van der Waals surface area contributed by atoms with E-state index in [1.165, 1.54) is 24.1 Å². The van der Waals surface area contributed by atoms with Gasteiger partial charge in [0.05, 0.1) is 11.9 Å². The minimum atomic E-state index is 0.153. The molecule has 2 nitrogen and oxygen atoms in total. The third-order valence-electron chi connectivity index (χ3n) is 2.71. The highest BCUT2D eigenvalue weighted by Gasteiger charge is 2.31. The van der Waals surface area contributed by atoms with Crippen molar-refractivity contribution in [3.05, 3.63) is 23.5 Å². The number of hydrogen-bond acceptors (Lipinski definition) is 2. The molecule has 0 spiro atoms. The van der Waals surface area contributed by atoms with Crippen molar-refractivity contribution in [3.63, 3.8) is 0 Å². The molecule has 1 aromatic heterocycles. The van der Waals surface area contributed by atoms with Crippen LogP contribution in [-0.2, 0) is 5.41 Å². The second-order valence-corrected chi connectivity index (χ2v) is 5.23. The minimum Gasteiger partial charge on any atom is -0.397 e. The number of pyridine rings is 1. The van der Waals surface area contributed by atoms with Gasteiger partial charge in [0.15, 0.2) is 0 Å². The van der Waals surface area contributed by atoms with Crippen LogP contribution in [0.25, 0.3) is 0 Å². The van der Waals surface area contributed by atoms with E-state index in [4.69, 9.17) is 5.73 Å². The van der Waals surface area contributed by atoms with Crippen molar-refractivity contribution in [1.29, 1.82) is 0 Å². The van der Waals surface area contributed by atoms with Gasteiger partial charge in [-0.05, 0) is 29.9 Å². The Morgan fingerprint density at radius 1 is 1.36 bits per heavy atom. The highest BCUT2D eigenvalue weighted by atomic mass is 14.7. The molecule has 14 heavy (non-hydrogen) atoms. The maximum absolute atomic E-state index is 5.78. The Kier molecular flexibility index (Phi) is 2.02. The topological polar surface area (TPSA) is 38.9 Å². The van der Waals surface area contributed by atoms with Gasteiger partial charge in [-0.1, -0.05) is 20.8 Å². The maximum atomic E-state index is 5.78. The van der Waals surface area contributed by atoms with Crippen molar-refractivity contribution >= 4 is 5.69 Å². The van der Waals surface area contributed by atoms with Gasteiger partial charge in [0.2, 0.25) is 0 Å². The van der Waals surface area contributed by atoms with Gasteiger partial charge < -0.3 is 5.73 Å². The van der Waals surface area contributed by atoms with Crippen LogP contribution in [0.15, 0.2) is 12.3 Å². The molecule has 1 heterocycles. The van der Waals surface area contributed by atoms with Gasteiger partial charge in [-0.2, -0.15) is 0 Å². The molecule has 76 valence electrons. The molecule has 0 aromatic carbocycles. The van der Waals surface area contributed by atoms with E-state index < -0.39 is 0 Å². The number of nitrogens with zero attached hydrogens (tertiary/aromatic N) is 1. The predicted molar refractivity (Wildman–Crippen MR) is 59.3 cm³/mol. The van der Waals surface area contributed by atoms with Crippen LogP contribution in [0.3, 0.4) is 0 Å². The Bertz CT molecular complexity index is 346. The summed E-state index contributed by atoms with van der Waals surface area (Å²) in [6.45, 7) is 6.65. The zero-order valence-corrected chi connectivity index (χ0v) is 9.17. The second kappa shape index (κ2) is 2.97. The fourth-order valence-corrected chi connectivity index (χ4v) is 1.77. The Hall–Kier alpha value is -1.05. The zero-order chi connectivity index (χ0) is 10.3. The zero-order valence-electron chi connectivity index (χ0n) is 9.17. The van der Waals surface area contributed by atoms with E-state index in [1.807, 2.05) is 0 Å². The van der Waals surface area contributed by atoms with Crippen LogP contribution in [0.2, 0.25) is 0 Å². The average Bonchev–Trinajstić information content (AvgIpc) is 2.85. The molecule has 1 aliphatic carbocycles. The molecule has 0 aliphatic heterocycles. The molecule has 2 N–H and O–H groups in total. The standard InChI is InChI=1S/C12H18N2/c1-12(2,3)10-6-9(13)7-14-11(10)8-4-5-8/h6-8H,4-5,13H2,1-3H3. The fraction of sp³-hybridized carbons (Fsp3) is 0.583. The first-order valence-electron chi connectivity index (χ1n) is 5.24. The van der Waals surface area contributed by atoms with Crippen molar-refractivity contribution < 1.29 is 0 Å². The Labute approximate surface area is 85.5 Å². The van der Waals surface area contributed by atoms with Gasteiger partial charge in [-0.15, -0.1) is 0 Å². The number of nitrogens with two attached hydrogens (primary N) is 1. The van der Waals surface area contributed by atoms with E-state index in [0.29, 0.717) is 5.92 Å². The molecule has 0 atom stereocenters. The fourth-order valence-electron chi connectivity index (χ4n) is 1.77. The van der Waals surface area contributed by atoms with Crippen molar-refractivity contribution in [2.75, 3.05) is 5.73 Å². The lowest BCUT2D eigenvalue weighted by Crippen LogP contribution is -2.15. The molecule has 0 amide bonds. The lowest BCUT2D eigenvalue weighted by Gasteiger charge is -2.22. The summed E-state index contributed by atoms with van der Waals surface area (Å²) in [4.78, 5) is 4.48. The molecule has 1 aliphatic rings. The molecule has 2 heteroatoms. The van der Waals surface area contributed by atoms with Crippen LogP contribution >= 0.6 is 0 Å². The van der Waals surface area contributed by atoms with Crippen molar-refractivity contribution in [2.24, 2.45) is 0 Å². The van der Waals surface area contributed by atoms with E-state index in [1.54, 1.807) is 6.20 Å². The first-order chi connectivity index (χ1) is 6.48. The first-order valence-corrected chi connectivity index (χ1v) is 5.24. The van der Waals surface area contributed by atoms with Gasteiger partial charge in [0, 0.05) is 11.6 Å². The molecule has 1 saturated carbocycles.